The molecular formula is C27H31N3O4S. The van der Waals surface area contributed by atoms with Crippen LogP contribution >= 0.6 is 11.3 Å². The summed E-state index contributed by atoms with van der Waals surface area (Å²) in [6.45, 7) is 8.92. The first-order chi connectivity index (χ1) is 16.7. The zero-order chi connectivity index (χ0) is 25.1. The van der Waals surface area contributed by atoms with Crippen molar-refractivity contribution in [1.82, 2.24) is 9.88 Å². The molecule has 0 saturated carbocycles. The van der Waals surface area contributed by atoms with E-state index in [0.29, 0.717) is 30.0 Å². The molecule has 2 heterocycles. The summed E-state index contributed by atoms with van der Waals surface area (Å²) >= 11 is 1.49. The second-order valence-corrected chi connectivity index (χ2v) is 10.1. The van der Waals surface area contributed by atoms with Crippen LogP contribution in [-0.4, -0.2) is 46.0 Å². The van der Waals surface area contributed by atoms with Crippen LogP contribution in [0, 0.1) is 13.8 Å². The molecule has 1 aliphatic heterocycles. The first kappa shape index (κ1) is 24.7. The summed E-state index contributed by atoms with van der Waals surface area (Å²) in [6.07, 6.45) is 1.71. The van der Waals surface area contributed by atoms with Gasteiger partial charge in [0, 0.05) is 35.6 Å². The summed E-state index contributed by atoms with van der Waals surface area (Å²) in [6, 6.07) is 10.6. The molecule has 0 unspecified atom stereocenters. The van der Waals surface area contributed by atoms with Gasteiger partial charge in [-0.3, -0.25) is 9.59 Å². The third-order valence-electron chi connectivity index (χ3n) is 6.37. The number of aromatic nitrogens is 1. The molecule has 0 bridgehead atoms. The molecule has 1 saturated heterocycles. The Labute approximate surface area is 209 Å². The third kappa shape index (κ3) is 5.65. The largest absolute Gasteiger partial charge is 0.508 e. The molecule has 0 radical (unpaired) electrons. The molecule has 1 aliphatic rings. The first-order valence-electron chi connectivity index (χ1n) is 11.8. The van der Waals surface area contributed by atoms with Gasteiger partial charge in [0.2, 0.25) is 0 Å². The summed E-state index contributed by atoms with van der Waals surface area (Å²) in [5.41, 5.74) is 3.27. The van der Waals surface area contributed by atoms with Crippen molar-refractivity contribution in [3.8, 4) is 11.5 Å². The van der Waals surface area contributed by atoms with E-state index in [0.717, 1.165) is 34.7 Å². The zero-order valence-electron chi connectivity index (χ0n) is 20.5. The predicted molar refractivity (Wildman–Crippen MR) is 138 cm³/mol. The molecule has 2 amide bonds. The van der Waals surface area contributed by atoms with E-state index in [1.165, 1.54) is 11.3 Å². The van der Waals surface area contributed by atoms with Gasteiger partial charge in [-0.1, -0.05) is 0 Å². The minimum Gasteiger partial charge on any atom is -0.508 e. The van der Waals surface area contributed by atoms with E-state index in [-0.39, 0.29) is 29.6 Å². The van der Waals surface area contributed by atoms with Crippen molar-refractivity contribution in [3.63, 3.8) is 0 Å². The standard InChI is InChI=1S/C27H31N3O4S/c1-16(2)34-21-7-5-20(6-8-21)27(33)30-13-11-19(12-14-30)26-29-23(15-35-26)25(32)28-22-9-10-24(31)18(4)17(22)3/h5-10,15-16,19,31H,11-14H2,1-4H3,(H,28,32). The Bertz CT molecular complexity index is 1210. The predicted octanol–water partition coefficient (Wildman–Crippen LogP) is 5.52. The molecular weight excluding hydrogens is 462 g/mol. The zero-order valence-corrected chi connectivity index (χ0v) is 21.3. The van der Waals surface area contributed by atoms with E-state index in [1.54, 1.807) is 17.5 Å². The molecule has 0 spiro atoms. The molecule has 2 N–H and O–H groups in total. The van der Waals surface area contributed by atoms with Gasteiger partial charge < -0.3 is 20.1 Å². The minimum atomic E-state index is -0.266. The lowest BCUT2D eigenvalue weighted by Gasteiger charge is -2.31. The van der Waals surface area contributed by atoms with Crippen molar-refractivity contribution in [2.45, 2.75) is 52.6 Å². The quantitative estimate of drug-likeness (QED) is 0.441. The Kier molecular flexibility index (Phi) is 7.40. The van der Waals surface area contributed by atoms with Crippen LogP contribution in [0.2, 0.25) is 0 Å². The molecule has 1 aromatic heterocycles. The molecule has 184 valence electrons. The molecule has 3 aromatic rings. The molecule has 2 aromatic carbocycles. The maximum atomic E-state index is 12.9. The molecule has 4 rings (SSSR count). The summed E-state index contributed by atoms with van der Waals surface area (Å²) in [7, 11) is 0. The number of benzene rings is 2. The number of carbonyl (C=O) groups is 2. The maximum absolute atomic E-state index is 12.9. The topological polar surface area (TPSA) is 91.8 Å². The van der Waals surface area contributed by atoms with Gasteiger partial charge in [0.25, 0.3) is 11.8 Å². The maximum Gasteiger partial charge on any atom is 0.275 e. The summed E-state index contributed by atoms with van der Waals surface area (Å²) in [5.74, 6) is 0.953. The van der Waals surface area contributed by atoms with Crippen molar-refractivity contribution in [3.05, 3.63) is 69.2 Å². The van der Waals surface area contributed by atoms with Gasteiger partial charge >= 0.3 is 0 Å². The fourth-order valence-electron chi connectivity index (χ4n) is 4.17. The number of phenols is 1. The smallest absolute Gasteiger partial charge is 0.275 e. The summed E-state index contributed by atoms with van der Waals surface area (Å²) in [4.78, 5) is 32.1. The molecule has 35 heavy (non-hydrogen) atoms. The second kappa shape index (κ2) is 10.5. The summed E-state index contributed by atoms with van der Waals surface area (Å²) in [5, 5.41) is 15.4. The van der Waals surface area contributed by atoms with Gasteiger partial charge in [-0.15, -0.1) is 11.3 Å². The van der Waals surface area contributed by atoms with Crippen LogP contribution in [0.1, 0.15) is 69.6 Å². The van der Waals surface area contributed by atoms with E-state index in [9.17, 15) is 14.7 Å². The number of nitrogens with zero attached hydrogens (tertiary/aromatic N) is 2. The van der Waals surface area contributed by atoms with Crippen LogP contribution in [0.15, 0.2) is 41.8 Å². The number of hydrogen-bond donors (Lipinski definition) is 2. The number of carbonyl (C=O) groups excluding carboxylic acids is 2. The van der Waals surface area contributed by atoms with E-state index in [4.69, 9.17) is 4.74 Å². The van der Waals surface area contributed by atoms with E-state index < -0.39 is 0 Å². The van der Waals surface area contributed by atoms with Crippen molar-refractivity contribution in [2.24, 2.45) is 0 Å². The number of thiazole rings is 1. The van der Waals surface area contributed by atoms with Crippen molar-refractivity contribution < 1.29 is 19.4 Å². The Morgan fingerprint density at radius 1 is 1.09 bits per heavy atom. The Morgan fingerprint density at radius 2 is 1.77 bits per heavy atom. The number of amides is 2. The molecule has 8 heteroatoms. The van der Waals surface area contributed by atoms with Gasteiger partial charge in [0.1, 0.15) is 17.2 Å². The number of nitrogens with one attached hydrogen (secondary N) is 1. The monoisotopic (exact) mass is 493 g/mol. The highest BCUT2D eigenvalue weighted by molar-refractivity contribution is 7.10. The van der Waals surface area contributed by atoms with Crippen molar-refractivity contribution >= 4 is 28.8 Å². The van der Waals surface area contributed by atoms with Crippen LogP contribution in [0.25, 0.3) is 0 Å². The lowest BCUT2D eigenvalue weighted by molar-refractivity contribution is 0.0713. The Hall–Kier alpha value is -3.39. The Balaban J connectivity index is 1.34. The minimum absolute atomic E-state index is 0.0262. The number of piperidine rings is 1. The van der Waals surface area contributed by atoms with Crippen LogP contribution < -0.4 is 10.1 Å². The summed E-state index contributed by atoms with van der Waals surface area (Å²) < 4.78 is 5.66. The van der Waals surface area contributed by atoms with E-state index in [1.807, 2.05) is 56.9 Å². The van der Waals surface area contributed by atoms with E-state index >= 15 is 0 Å². The SMILES string of the molecule is Cc1c(O)ccc(NC(=O)c2csc(C3CCN(C(=O)c4ccc(OC(C)C)cc4)CC3)n2)c1C. The van der Waals surface area contributed by atoms with Gasteiger partial charge in [0.05, 0.1) is 11.1 Å². The molecule has 0 atom stereocenters. The highest BCUT2D eigenvalue weighted by atomic mass is 32.1. The van der Waals surface area contributed by atoms with Crippen LogP contribution in [0.4, 0.5) is 5.69 Å². The highest BCUT2D eigenvalue weighted by Crippen LogP contribution is 2.32. The number of phenolic OH excluding ortho intramolecular Hbond substituents is 1. The molecule has 0 aliphatic carbocycles. The first-order valence-corrected chi connectivity index (χ1v) is 12.7. The molecule has 1 fully saturated rings. The number of aromatic hydroxyl groups is 1. The highest BCUT2D eigenvalue weighted by Gasteiger charge is 2.27. The van der Waals surface area contributed by atoms with Gasteiger partial charge in [-0.25, -0.2) is 4.98 Å². The average molecular weight is 494 g/mol. The van der Waals surface area contributed by atoms with E-state index in [2.05, 4.69) is 10.3 Å². The number of anilines is 1. The Morgan fingerprint density at radius 3 is 2.43 bits per heavy atom. The number of likely N-dealkylation sites (tertiary alicyclic amines) is 1. The van der Waals surface area contributed by atoms with Gasteiger partial charge in [-0.2, -0.15) is 0 Å². The number of hydrogen-bond acceptors (Lipinski definition) is 6. The number of rotatable bonds is 6. The van der Waals surface area contributed by atoms with Crippen LogP contribution in [0.3, 0.4) is 0 Å². The van der Waals surface area contributed by atoms with Crippen LogP contribution in [0.5, 0.6) is 11.5 Å². The van der Waals surface area contributed by atoms with Crippen molar-refractivity contribution in [2.75, 3.05) is 18.4 Å². The third-order valence-corrected chi connectivity index (χ3v) is 7.37. The fourth-order valence-corrected chi connectivity index (χ4v) is 5.14. The lowest BCUT2D eigenvalue weighted by Crippen LogP contribution is -2.37. The average Bonchev–Trinajstić information content (AvgIpc) is 3.35. The lowest BCUT2D eigenvalue weighted by atomic mass is 9.97. The second-order valence-electron chi connectivity index (χ2n) is 9.16. The normalized spacial score (nSPS) is 14.3. The van der Waals surface area contributed by atoms with Gasteiger partial charge in [-0.05, 0) is 88.1 Å². The molecule has 7 nitrogen and oxygen atoms in total. The van der Waals surface area contributed by atoms with Gasteiger partial charge in [0.15, 0.2) is 0 Å². The van der Waals surface area contributed by atoms with Crippen LogP contribution in [-0.2, 0) is 0 Å². The van der Waals surface area contributed by atoms with Crippen molar-refractivity contribution in [1.29, 1.82) is 0 Å². The number of ether oxygens (including phenoxy) is 1. The fraction of sp³-hybridized carbons (Fsp3) is 0.370.